The van der Waals surface area contributed by atoms with Crippen molar-refractivity contribution in [3.63, 3.8) is 0 Å². The number of methoxy groups -OCH3 is 1. The van der Waals surface area contributed by atoms with Gasteiger partial charge in [0.25, 0.3) is 0 Å². The Labute approximate surface area is 181 Å². The molecule has 1 unspecified atom stereocenters. The summed E-state index contributed by atoms with van der Waals surface area (Å²) in [4.78, 5) is 17.0. The topological polar surface area (TPSA) is 115 Å². The zero-order valence-corrected chi connectivity index (χ0v) is 18.5. The van der Waals surface area contributed by atoms with Gasteiger partial charge in [0.15, 0.2) is 0 Å². The number of aryl methyl sites for hydroxylation is 1. The first-order valence-corrected chi connectivity index (χ1v) is 11.4. The lowest BCUT2D eigenvalue weighted by Crippen LogP contribution is -2.47. The Hall–Kier alpha value is -3.40. The highest BCUT2D eigenvalue weighted by Crippen LogP contribution is 2.32. The molecule has 0 aliphatic heterocycles. The van der Waals surface area contributed by atoms with Crippen LogP contribution in [0, 0.1) is 6.92 Å². The van der Waals surface area contributed by atoms with Crippen LogP contribution in [0.3, 0.4) is 0 Å². The quantitative estimate of drug-likeness (QED) is 0.568. The fraction of sp³-hybridized carbons (Fsp3) is 0.286. The Bertz CT molecular complexity index is 1160. The van der Waals surface area contributed by atoms with E-state index in [0.717, 1.165) is 21.7 Å². The van der Waals surface area contributed by atoms with Gasteiger partial charge in [0.1, 0.15) is 11.8 Å². The van der Waals surface area contributed by atoms with Gasteiger partial charge >= 0.3 is 0 Å². The molecule has 9 nitrogen and oxygen atoms in total. The molecule has 1 N–H and O–H groups in total. The number of sulfonamides is 1. The Morgan fingerprint density at radius 3 is 2.58 bits per heavy atom. The first-order valence-electron chi connectivity index (χ1n) is 9.50. The van der Waals surface area contributed by atoms with E-state index in [1.165, 1.54) is 14.0 Å². The molecule has 10 heteroatoms. The van der Waals surface area contributed by atoms with E-state index in [1.807, 2.05) is 37.3 Å². The minimum Gasteiger partial charge on any atom is -0.495 e. The van der Waals surface area contributed by atoms with E-state index in [-0.39, 0.29) is 18.1 Å². The van der Waals surface area contributed by atoms with Crippen LogP contribution in [0.15, 0.2) is 53.1 Å². The van der Waals surface area contributed by atoms with E-state index >= 15 is 0 Å². The number of carbonyl (C=O) groups is 1. The highest BCUT2D eigenvalue weighted by Gasteiger charge is 2.31. The Morgan fingerprint density at radius 1 is 1.23 bits per heavy atom. The van der Waals surface area contributed by atoms with Gasteiger partial charge in [0.05, 0.1) is 25.6 Å². The molecule has 2 aromatic carbocycles. The van der Waals surface area contributed by atoms with Crippen LogP contribution in [-0.2, 0) is 21.4 Å². The summed E-state index contributed by atoms with van der Waals surface area (Å²) >= 11 is 0. The Balaban J connectivity index is 1.77. The van der Waals surface area contributed by atoms with Crippen molar-refractivity contribution < 1.29 is 22.5 Å². The van der Waals surface area contributed by atoms with Crippen molar-refractivity contribution in [2.45, 2.75) is 26.4 Å². The molecule has 1 amide bonds. The molecule has 0 fully saturated rings. The summed E-state index contributed by atoms with van der Waals surface area (Å²) in [6, 6.07) is 13.4. The van der Waals surface area contributed by atoms with Gasteiger partial charge < -0.3 is 14.6 Å². The predicted octanol–water partition coefficient (Wildman–Crippen LogP) is 2.52. The molecule has 3 rings (SSSR count). The zero-order valence-electron chi connectivity index (χ0n) is 17.7. The molecule has 0 radical (unpaired) electrons. The first kappa shape index (κ1) is 22.3. The maximum Gasteiger partial charge on any atom is 0.246 e. The van der Waals surface area contributed by atoms with Gasteiger partial charge in [-0.05, 0) is 31.5 Å². The minimum absolute atomic E-state index is 0.0361. The number of nitrogens with one attached hydrogen (secondary N) is 1. The maximum atomic E-state index is 12.8. The summed E-state index contributed by atoms with van der Waals surface area (Å²) in [6.07, 6.45) is 1.04. The standard InChI is InChI=1S/C21H24N4O5S/c1-14-10-11-18(29-3)17(12-14)25(31(4,27)28)15(2)21(26)22-13-19-23-20(24-30-19)16-8-6-5-7-9-16/h5-12,15H,13H2,1-4H3,(H,22,26). The number of aromatic nitrogens is 2. The van der Waals surface area contributed by atoms with Gasteiger partial charge in [-0.25, -0.2) is 8.42 Å². The van der Waals surface area contributed by atoms with Crippen LogP contribution in [0.2, 0.25) is 0 Å². The fourth-order valence-electron chi connectivity index (χ4n) is 3.09. The van der Waals surface area contributed by atoms with Crippen LogP contribution in [-0.4, -0.2) is 43.9 Å². The van der Waals surface area contributed by atoms with Crippen molar-refractivity contribution in [3.8, 4) is 17.1 Å². The molecule has 1 heterocycles. The lowest BCUT2D eigenvalue weighted by molar-refractivity contribution is -0.122. The van der Waals surface area contributed by atoms with Gasteiger partial charge in [0.2, 0.25) is 27.6 Å². The molecular weight excluding hydrogens is 420 g/mol. The van der Waals surface area contributed by atoms with E-state index < -0.39 is 22.0 Å². The average molecular weight is 445 g/mol. The van der Waals surface area contributed by atoms with Crippen molar-refractivity contribution in [1.29, 1.82) is 0 Å². The number of hydrogen-bond acceptors (Lipinski definition) is 7. The number of hydrogen-bond donors (Lipinski definition) is 1. The average Bonchev–Trinajstić information content (AvgIpc) is 3.21. The summed E-state index contributed by atoms with van der Waals surface area (Å²) < 4.78 is 36.6. The molecule has 31 heavy (non-hydrogen) atoms. The number of ether oxygens (including phenoxy) is 1. The van der Waals surface area contributed by atoms with Gasteiger partial charge in [-0.1, -0.05) is 41.6 Å². The van der Waals surface area contributed by atoms with Crippen molar-refractivity contribution in [3.05, 3.63) is 60.0 Å². The van der Waals surface area contributed by atoms with Crippen LogP contribution in [0.4, 0.5) is 5.69 Å². The maximum absolute atomic E-state index is 12.8. The van der Waals surface area contributed by atoms with E-state index in [1.54, 1.807) is 18.2 Å². The second kappa shape index (κ2) is 9.17. The summed E-state index contributed by atoms with van der Waals surface area (Å²) in [5.74, 6) is 0.437. The lowest BCUT2D eigenvalue weighted by Gasteiger charge is -2.29. The molecular formula is C21H24N4O5S. The molecule has 1 aromatic heterocycles. The monoisotopic (exact) mass is 444 g/mol. The van der Waals surface area contributed by atoms with Gasteiger partial charge in [-0.2, -0.15) is 4.98 Å². The minimum atomic E-state index is -3.79. The largest absolute Gasteiger partial charge is 0.495 e. The Morgan fingerprint density at radius 2 is 1.94 bits per heavy atom. The number of benzene rings is 2. The molecule has 0 aliphatic carbocycles. The van der Waals surface area contributed by atoms with E-state index in [4.69, 9.17) is 9.26 Å². The van der Waals surface area contributed by atoms with Crippen molar-refractivity contribution in [1.82, 2.24) is 15.5 Å². The number of amides is 1. The normalized spacial score (nSPS) is 12.3. The van der Waals surface area contributed by atoms with Crippen LogP contribution >= 0.6 is 0 Å². The fourth-order valence-corrected chi connectivity index (χ4v) is 4.26. The molecule has 0 saturated carbocycles. The highest BCUT2D eigenvalue weighted by atomic mass is 32.2. The molecule has 0 bridgehead atoms. The Kier molecular flexibility index (Phi) is 6.59. The number of nitrogens with zero attached hydrogens (tertiary/aromatic N) is 3. The third-order valence-corrected chi connectivity index (χ3v) is 5.80. The number of carbonyl (C=O) groups excluding carboxylic acids is 1. The van der Waals surface area contributed by atoms with Crippen molar-refractivity contribution in [2.24, 2.45) is 0 Å². The molecule has 0 aliphatic rings. The predicted molar refractivity (Wildman–Crippen MR) is 116 cm³/mol. The summed E-state index contributed by atoms with van der Waals surface area (Å²) in [7, 11) is -2.34. The van der Waals surface area contributed by atoms with Crippen molar-refractivity contribution in [2.75, 3.05) is 17.7 Å². The van der Waals surface area contributed by atoms with Crippen LogP contribution in [0.25, 0.3) is 11.4 Å². The van der Waals surface area contributed by atoms with E-state index in [0.29, 0.717) is 11.6 Å². The first-order chi connectivity index (χ1) is 14.7. The number of rotatable bonds is 8. The third kappa shape index (κ3) is 5.21. The van der Waals surface area contributed by atoms with Crippen LogP contribution in [0.1, 0.15) is 18.4 Å². The second-order valence-corrected chi connectivity index (χ2v) is 8.87. The second-order valence-electron chi connectivity index (χ2n) is 7.01. The summed E-state index contributed by atoms with van der Waals surface area (Å²) in [5, 5.41) is 6.56. The molecule has 0 saturated heterocycles. The van der Waals surface area contributed by atoms with E-state index in [9.17, 15) is 13.2 Å². The molecule has 0 spiro atoms. The molecule has 1 atom stereocenters. The van der Waals surface area contributed by atoms with Gasteiger partial charge in [-0.3, -0.25) is 9.10 Å². The summed E-state index contributed by atoms with van der Waals surface area (Å²) in [6.45, 7) is 3.29. The SMILES string of the molecule is COc1ccc(C)cc1N(C(C)C(=O)NCc1nc(-c2ccccc2)no1)S(C)(=O)=O. The zero-order chi connectivity index (χ0) is 22.6. The smallest absolute Gasteiger partial charge is 0.246 e. The molecule has 164 valence electrons. The van der Waals surface area contributed by atoms with E-state index in [2.05, 4.69) is 15.5 Å². The van der Waals surface area contributed by atoms with Gasteiger partial charge in [0, 0.05) is 5.56 Å². The third-order valence-electron chi connectivity index (χ3n) is 4.57. The van der Waals surface area contributed by atoms with Crippen LogP contribution in [0.5, 0.6) is 5.75 Å². The highest BCUT2D eigenvalue weighted by molar-refractivity contribution is 7.92. The summed E-state index contributed by atoms with van der Waals surface area (Å²) in [5.41, 5.74) is 1.90. The van der Waals surface area contributed by atoms with Crippen LogP contribution < -0.4 is 14.4 Å². The van der Waals surface area contributed by atoms with Crippen molar-refractivity contribution >= 4 is 21.6 Å². The lowest BCUT2D eigenvalue weighted by atomic mass is 10.2. The van der Waals surface area contributed by atoms with Gasteiger partial charge in [-0.15, -0.1) is 0 Å². The number of anilines is 1. The molecule has 3 aromatic rings.